The number of amides is 5. The van der Waals surface area contributed by atoms with Crippen molar-refractivity contribution >= 4 is 63.7 Å². The number of aryl methyl sites for hydroxylation is 1. The van der Waals surface area contributed by atoms with E-state index in [1.165, 1.54) is 27.3 Å². The second kappa shape index (κ2) is 21.0. The lowest BCUT2D eigenvalue weighted by atomic mass is 9.72. The van der Waals surface area contributed by atoms with Gasteiger partial charge in [0.05, 0.1) is 34.8 Å². The van der Waals surface area contributed by atoms with Crippen LogP contribution in [-0.4, -0.2) is 148 Å². The fourth-order valence-electron chi connectivity index (χ4n) is 10.6. The van der Waals surface area contributed by atoms with E-state index in [2.05, 4.69) is 47.5 Å². The maximum atomic E-state index is 14.7. The normalized spacial score (nSPS) is 22.8. The average molecular weight is 982 g/mol. The number of aromatic nitrogens is 2. The predicted octanol–water partition coefficient (Wildman–Crippen LogP) is 5.96. The third-order valence-corrected chi connectivity index (χ3v) is 15.3. The zero-order valence-electron chi connectivity index (χ0n) is 42.3. The molecule has 1 aromatic carbocycles. The van der Waals surface area contributed by atoms with Crippen LogP contribution >= 0.6 is 11.3 Å². The number of benzene rings is 1. The van der Waals surface area contributed by atoms with E-state index < -0.39 is 41.0 Å². The number of aliphatic hydroxyl groups is 1. The van der Waals surface area contributed by atoms with Crippen molar-refractivity contribution in [1.29, 1.82) is 0 Å². The fraction of sp³-hybridized carbons (Fsp3) is 0.558. The molecule has 0 aliphatic carbocycles. The quantitative estimate of drug-likeness (QED) is 0.0895. The summed E-state index contributed by atoms with van der Waals surface area (Å²) in [7, 11) is 3.25. The van der Waals surface area contributed by atoms with Crippen LogP contribution in [-0.2, 0) is 48.0 Å². The van der Waals surface area contributed by atoms with E-state index in [-0.39, 0.29) is 61.8 Å². The Morgan fingerprint density at radius 1 is 1.10 bits per heavy atom. The highest BCUT2D eigenvalue weighted by molar-refractivity contribution is 7.10. The molecule has 0 radical (unpaired) electrons. The number of hydrogen-bond donors (Lipinski definition) is 3. The van der Waals surface area contributed by atoms with Gasteiger partial charge in [0.2, 0.25) is 17.5 Å². The number of thiazole rings is 1. The zero-order chi connectivity index (χ0) is 50.9. The van der Waals surface area contributed by atoms with Gasteiger partial charge in [-0.25, -0.2) is 14.6 Å². The van der Waals surface area contributed by atoms with Crippen LogP contribution in [0.5, 0.6) is 0 Å². The molecule has 6 bridgehead atoms. The van der Waals surface area contributed by atoms with E-state index in [4.69, 9.17) is 19.5 Å². The number of nitrogens with one attached hydrogen (secondary N) is 2. The zero-order valence-corrected chi connectivity index (χ0v) is 43.1. The Morgan fingerprint density at radius 3 is 2.44 bits per heavy atom. The Kier molecular flexibility index (Phi) is 15.6. The molecule has 3 aromatic rings. The molecule has 3 saturated heterocycles. The van der Waals surface area contributed by atoms with Crippen molar-refractivity contribution < 1.29 is 38.6 Å². The molecule has 7 rings (SSSR count). The molecule has 17 nitrogen and oxygen atoms in total. The minimum Gasteiger partial charge on any atom is -0.462 e. The third kappa shape index (κ3) is 10.4. The number of allylic oxidation sites excluding steroid dienone is 2. The number of piperidine rings is 1. The highest BCUT2D eigenvalue weighted by atomic mass is 32.1. The SMILES string of the molecule is C=CC(=O)N1CC2(CCN(C(=O)N(C)[C@H](C(=O)N[C@H]3Cc4nc(cs4)-c4ccc5c(c4)c(c(/C(C=C)=C(/N=C\C)[C@H](C)OC)n5CC)CC(C)(C)COC(=O)[C@@]4(O)CCCN(N4)C3=O)C(C)C)CC2)C1. The van der Waals surface area contributed by atoms with Crippen LogP contribution in [0.3, 0.4) is 0 Å². The van der Waals surface area contributed by atoms with E-state index in [1.807, 2.05) is 59.1 Å². The molecule has 3 N–H and O–H groups in total. The van der Waals surface area contributed by atoms with Gasteiger partial charge in [-0.15, -0.1) is 11.3 Å². The summed E-state index contributed by atoms with van der Waals surface area (Å²) in [6.07, 6.45) is 6.69. The Labute approximate surface area is 415 Å². The Hall–Kier alpha value is -5.69. The van der Waals surface area contributed by atoms with Crippen LogP contribution in [0.4, 0.5) is 4.79 Å². The van der Waals surface area contributed by atoms with E-state index in [0.717, 1.165) is 46.1 Å². The molecule has 378 valence electrons. The summed E-state index contributed by atoms with van der Waals surface area (Å²) >= 11 is 1.36. The fourth-order valence-corrected chi connectivity index (χ4v) is 11.4. The van der Waals surface area contributed by atoms with Crippen LogP contribution in [0.1, 0.15) is 90.4 Å². The Morgan fingerprint density at radius 2 is 1.81 bits per heavy atom. The number of cyclic esters (lactones) is 1. The number of hydrogen-bond acceptors (Lipinski definition) is 12. The highest BCUT2D eigenvalue weighted by Crippen LogP contribution is 2.42. The first-order valence-electron chi connectivity index (χ1n) is 24.4. The monoisotopic (exact) mass is 982 g/mol. The molecule has 6 heterocycles. The van der Waals surface area contributed by atoms with Gasteiger partial charge in [0.15, 0.2) is 0 Å². The molecular formula is C52H71N9O8S. The summed E-state index contributed by atoms with van der Waals surface area (Å²) in [5.41, 5.74) is 5.80. The van der Waals surface area contributed by atoms with Crippen LogP contribution in [0.15, 0.2) is 59.6 Å². The summed E-state index contributed by atoms with van der Waals surface area (Å²) in [6, 6.07) is 3.77. The number of likely N-dealkylation sites (N-methyl/N-ethyl adjacent to an activating group) is 1. The first kappa shape index (κ1) is 52.1. The number of esters is 1. The molecule has 4 aliphatic heterocycles. The minimum atomic E-state index is -2.24. The number of nitrogens with zero attached hydrogens (tertiary/aromatic N) is 7. The number of urea groups is 1. The van der Waals surface area contributed by atoms with Gasteiger partial charge in [-0.3, -0.25) is 24.4 Å². The molecule has 18 heteroatoms. The summed E-state index contributed by atoms with van der Waals surface area (Å²) in [4.78, 5) is 84.4. The molecule has 2 aromatic heterocycles. The number of aliphatic imine (C=N–C) groups is 1. The van der Waals surface area contributed by atoms with Crippen molar-refractivity contribution in [1.82, 2.24) is 40.0 Å². The number of fused-ring (bicyclic) bond motifs is 6. The summed E-state index contributed by atoms with van der Waals surface area (Å²) < 4.78 is 14.0. The summed E-state index contributed by atoms with van der Waals surface area (Å²) in [5, 5.41) is 19.6. The van der Waals surface area contributed by atoms with Gasteiger partial charge in [0.25, 0.3) is 5.91 Å². The molecular weight excluding hydrogens is 911 g/mol. The van der Waals surface area contributed by atoms with Gasteiger partial charge >= 0.3 is 12.0 Å². The molecule has 0 saturated carbocycles. The lowest BCUT2D eigenvalue weighted by Crippen LogP contribution is -2.67. The molecule has 1 spiro atoms. The Balaban J connectivity index is 1.24. The van der Waals surface area contributed by atoms with Crippen molar-refractivity contribution in [3.05, 3.63) is 70.9 Å². The number of rotatable bonds is 11. The summed E-state index contributed by atoms with van der Waals surface area (Å²) in [5.74, 6) is -2.47. The van der Waals surface area contributed by atoms with Gasteiger partial charge in [0, 0.05) is 111 Å². The van der Waals surface area contributed by atoms with Gasteiger partial charge in [-0.1, -0.05) is 53.0 Å². The highest BCUT2D eigenvalue weighted by Gasteiger charge is 2.48. The first-order valence-corrected chi connectivity index (χ1v) is 25.3. The third-order valence-electron chi connectivity index (χ3n) is 14.4. The number of carbonyl (C=O) groups is 5. The lowest BCUT2D eigenvalue weighted by Gasteiger charge is -2.54. The molecule has 0 unspecified atom stereocenters. The van der Waals surface area contributed by atoms with E-state index >= 15 is 0 Å². The van der Waals surface area contributed by atoms with E-state index in [0.29, 0.717) is 55.5 Å². The molecule has 70 heavy (non-hydrogen) atoms. The topological polar surface area (TPSA) is 191 Å². The van der Waals surface area contributed by atoms with Crippen molar-refractivity contribution in [2.24, 2.45) is 21.7 Å². The summed E-state index contributed by atoms with van der Waals surface area (Å²) in [6.45, 7) is 24.4. The predicted molar refractivity (Wildman–Crippen MR) is 271 cm³/mol. The van der Waals surface area contributed by atoms with Gasteiger partial charge < -0.3 is 39.2 Å². The van der Waals surface area contributed by atoms with Crippen LogP contribution < -0.4 is 10.7 Å². The minimum absolute atomic E-state index is 0.0116. The Bertz CT molecular complexity index is 2580. The van der Waals surface area contributed by atoms with Crippen molar-refractivity contribution in [2.75, 3.05) is 53.5 Å². The lowest BCUT2D eigenvalue weighted by molar-refractivity contribution is -0.189. The standard InChI is InChI=1S/C52H71N9O8S/c1-12-35(43(53-14-3)33(7)68-11)45-37-27-50(8,9)31-69-48(65)52(67)19-16-22-61(56-52)47(64)38(26-41-54-39(28-70-41)34-17-18-40(36(37)25-34)60(45)15-4)55-46(63)44(32(5)6)57(10)49(66)58-23-20-51(21-24-58)29-59(30-51)42(62)13-2/h12-14,17-18,25,28,32-33,38,44,56,67H,1-2,15-16,19-24,26-27,29-31H2,3-11H3,(H,55,63)/b43-35+,53-14-/t33-,38-,44-,52-/m0/s1. The largest absolute Gasteiger partial charge is 0.462 e. The average Bonchev–Trinajstić information content (AvgIpc) is 3.92. The van der Waals surface area contributed by atoms with Crippen molar-refractivity contribution in [2.45, 2.75) is 117 Å². The van der Waals surface area contributed by atoms with E-state index in [1.54, 1.807) is 30.2 Å². The maximum absolute atomic E-state index is 14.7. The molecule has 4 atom stereocenters. The number of likely N-dealkylation sites (tertiary alicyclic amines) is 2. The van der Waals surface area contributed by atoms with Crippen LogP contribution in [0.25, 0.3) is 27.7 Å². The van der Waals surface area contributed by atoms with Crippen LogP contribution in [0.2, 0.25) is 0 Å². The van der Waals surface area contributed by atoms with Gasteiger partial charge in [-0.2, -0.15) is 5.43 Å². The molecule has 5 amide bonds. The number of hydrazine groups is 1. The second-order valence-corrected chi connectivity index (χ2v) is 21.4. The van der Waals surface area contributed by atoms with Gasteiger partial charge in [-0.05, 0) is 76.1 Å². The molecule has 4 aliphatic rings. The molecule has 3 fully saturated rings. The van der Waals surface area contributed by atoms with Gasteiger partial charge in [0.1, 0.15) is 12.1 Å². The maximum Gasteiger partial charge on any atom is 0.355 e. The first-order chi connectivity index (χ1) is 33.2. The number of ether oxygens (including phenoxy) is 2. The number of methoxy groups -OCH3 is 1. The van der Waals surface area contributed by atoms with Crippen molar-refractivity contribution in [3.8, 4) is 11.3 Å². The second-order valence-electron chi connectivity index (χ2n) is 20.4. The smallest absolute Gasteiger partial charge is 0.355 e. The number of carbonyl (C=O) groups excluding carboxylic acids is 5. The van der Waals surface area contributed by atoms with Crippen LogP contribution in [0, 0.1) is 16.7 Å². The van der Waals surface area contributed by atoms with Crippen molar-refractivity contribution in [3.63, 3.8) is 0 Å². The van der Waals surface area contributed by atoms with E-state index in [9.17, 15) is 29.1 Å².